The van der Waals surface area contributed by atoms with E-state index in [0.29, 0.717) is 33.9 Å². The molecule has 1 heterocycles. The van der Waals surface area contributed by atoms with Gasteiger partial charge in [-0.3, -0.25) is 0 Å². The maximum atomic E-state index is 13.0. The molecular formula is C13H10FN3O. The van der Waals surface area contributed by atoms with Crippen LogP contribution >= 0.6 is 0 Å². The number of fused-ring (bicyclic) bond motifs is 1. The fraction of sp³-hybridized carbons (Fsp3) is 0. The van der Waals surface area contributed by atoms with Crippen molar-refractivity contribution in [2.24, 2.45) is 0 Å². The van der Waals surface area contributed by atoms with Gasteiger partial charge in [-0.15, -0.1) is 0 Å². The molecule has 0 saturated carbocycles. The molecule has 0 aliphatic carbocycles. The normalized spacial score (nSPS) is 10.9. The van der Waals surface area contributed by atoms with Crippen LogP contribution in [-0.2, 0) is 0 Å². The second-order valence-corrected chi connectivity index (χ2v) is 4.02. The lowest BCUT2D eigenvalue weighted by Crippen LogP contribution is -1.91. The van der Waals surface area contributed by atoms with Gasteiger partial charge in [0.15, 0.2) is 5.58 Å². The molecule has 18 heavy (non-hydrogen) atoms. The van der Waals surface area contributed by atoms with Crippen molar-refractivity contribution in [1.82, 2.24) is 4.98 Å². The predicted octanol–water partition coefficient (Wildman–Crippen LogP) is 2.80. The first-order valence-corrected chi connectivity index (χ1v) is 5.34. The van der Waals surface area contributed by atoms with Gasteiger partial charge in [0.1, 0.15) is 11.3 Å². The number of nitrogens with two attached hydrogens (primary N) is 2. The van der Waals surface area contributed by atoms with Gasteiger partial charge in [-0.05, 0) is 30.3 Å². The summed E-state index contributed by atoms with van der Waals surface area (Å²) in [5.74, 6) is 0.00638. The lowest BCUT2D eigenvalue weighted by atomic mass is 10.2. The zero-order valence-corrected chi connectivity index (χ0v) is 9.35. The standard InChI is InChI=1S/C13H10FN3O/c14-8-1-2-11-12(5-8)18-13(17-11)7-3-9(15)6-10(16)4-7/h1-6H,15-16H2. The Morgan fingerprint density at radius 3 is 2.44 bits per heavy atom. The van der Waals surface area contributed by atoms with E-state index in [2.05, 4.69) is 4.98 Å². The summed E-state index contributed by atoms with van der Waals surface area (Å²) < 4.78 is 18.5. The molecular weight excluding hydrogens is 233 g/mol. The first kappa shape index (κ1) is 10.6. The fourth-order valence-electron chi connectivity index (χ4n) is 1.82. The van der Waals surface area contributed by atoms with Gasteiger partial charge in [-0.25, -0.2) is 9.37 Å². The van der Waals surface area contributed by atoms with Crippen LogP contribution in [0.2, 0.25) is 0 Å². The number of hydrogen-bond acceptors (Lipinski definition) is 4. The molecule has 0 bridgehead atoms. The molecule has 3 rings (SSSR count). The van der Waals surface area contributed by atoms with E-state index in [0.717, 1.165) is 0 Å². The molecule has 0 aliphatic rings. The van der Waals surface area contributed by atoms with Crippen molar-refractivity contribution in [3.8, 4) is 11.5 Å². The van der Waals surface area contributed by atoms with E-state index >= 15 is 0 Å². The molecule has 0 aliphatic heterocycles. The van der Waals surface area contributed by atoms with Crippen LogP contribution in [0.1, 0.15) is 0 Å². The highest BCUT2D eigenvalue weighted by molar-refractivity contribution is 5.77. The Morgan fingerprint density at radius 2 is 1.72 bits per heavy atom. The lowest BCUT2D eigenvalue weighted by molar-refractivity contribution is 0.602. The minimum absolute atomic E-state index is 0.364. The van der Waals surface area contributed by atoms with Crippen molar-refractivity contribution >= 4 is 22.5 Å². The fourth-order valence-corrected chi connectivity index (χ4v) is 1.82. The summed E-state index contributed by atoms with van der Waals surface area (Å²) >= 11 is 0. The van der Waals surface area contributed by atoms with Crippen molar-refractivity contribution < 1.29 is 8.81 Å². The van der Waals surface area contributed by atoms with Crippen molar-refractivity contribution in [2.75, 3.05) is 11.5 Å². The zero-order chi connectivity index (χ0) is 12.7. The van der Waals surface area contributed by atoms with E-state index in [-0.39, 0.29) is 5.82 Å². The molecule has 2 aromatic carbocycles. The minimum atomic E-state index is -0.364. The summed E-state index contributed by atoms with van der Waals surface area (Å²) in [6, 6.07) is 9.25. The van der Waals surface area contributed by atoms with Gasteiger partial charge < -0.3 is 15.9 Å². The number of aromatic nitrogens is 1. The Kier molecular flexibility index (Phi) is 2.19. The highest BCUT2D eigenvalue weighted by atomic mass is 19.1. The Morgan fingerprint density at radius 1 is 1.00 bits per heavy atom. The maximum absolute atomic E-state index is 13.0. The van der Waals surface area contributed by atoms with Crippen LogP contribution in [0.5, 0.6) is 0 Å². The number of hydrogen-bond donors (Lipinski definition) is 2. The van der Waals surface area contributed by atoms with Crippen molar-refractivity contribution in [1.29, 1.82) is 0 Å². The third kappa shape index (κ3) is 1.75. The first-order valence-electron chi connectivity index (χ1n) is 5.34. The number of anilines is 2. The van der Waals surface area contributed by atoms with Gasteiger partial charge in [0.05, 0.1) is 0 Å². The summed E-state index contributed by atoms with van der Waals surface area (Å²) in [5.41, 5.74) is 14.1. The van der Waals surface area contributed by atoms with Gasteiger partial charge in [0.2, 0.25) is 5.89 Å². The van der Waals surface area contributed by atoms with Gasteiger partial charge in [0.25, 0.3) is 0 Å². The molecule has 0 fully saturated rings. The Labute approximate surface area is 102 Å². The molecule has 0 spiro atoms. The van der Waals surface area contributed by atoms with E-state index < -0.39 is 0 Å². The average molecular weight is 243 g/mol. The van der Waals surface area contributed by atoms with Crippen LogP contribution in [0.25, 0.3) is 22.6 Å². The van der Waals surface area contributed by atoms with E-state index in [9.17, 15) is 4.39 Å². The highest BCUT2D eigenvalue weighted by Gasteiger charge is 2.09. The zero-order valence-electron chi connectivity index (χ0n) is 9.35. The molecule has 3 aromatic rings. The van der Waals surface area contributed by atoms with E-state index in [4.69, 9.17) is 15.9 Å². The van der Waals surface area contributed by atoms with Gasteiger partial charge in [-0.1, -0.05) is 0 Å². The van der Waals surface area contributed by atoms with Crippen LogP contribution in [0.4, 0.5) is 15.8 Å². The minimum Gasteiger partial charge on any atom is -0.436 e. The van der Waals surface area contributed by atoms with Crippen molar-refractivity contribution in [3.63, 3.8) is 0 Å². The van der Waals surface area contributed by atoms with Gasteiger partial charge >= 0.3 is 0 Å². The van der Waals surface area contributed by atoms with Crippen LogP contribution in [0.15, 0.2) is 40.8 Å². The molecule has 0 radical (unpaired) electrons. The Balaban J connectivity index is 2.19. The van der Waals surface area contributed by atoms with E-state index in [1.54, 1.807) is 24.3 Å². The summed E-state index contributed by atoms with van der Waals surface area (Å²) in [6.45, 7) is 0. The van der Waals surface area contributed by atoms with Gasteiger partial charge in [-0.2, -0.15) is 0 Å². The molecule has 90 valence electrons. The quantitative estimate of drug-likeness (QED) is 0.644. The SMILES string of the molecule is Nc1cc(N)cc(-c2nc3ccc(F)cc3o2)c1. The smallest absolute Gasteiger partial charge is 0.227 e. The average Bonchev–Trinajstić information content (AvgIpc) is 2.70. The van der Waals surface area contributed by atoms with E-state index in [1.807, 2.05) is 0 Å². The molecule has 0 atom stereocenters. The molecule has 0 saturated heterocycles. The number of nitrogens with zero attached hydrogens (tertiary/aromatic N) is 1. The Bertz CT molecular complexity index is 716. The van der Waals surface area contributed by atoms with Gasteiger partial charge in [0, 0.05) is 23.0 Å². The summed E-state index contributed by atoms with van der Waals surface area (Å²) in [5, 5.41) is 0. The third-order valence-corrected chi connectivity index (χ3v) is 2.58. The monoisotopic (exact) mass is 243 g/mol. The number of benzene rings is 2. The lowest BCUT2D eigenvalue weighted by Gasteiger charge is -2.00. The van der Waals surface area contributed by atoms with Crippen LogP contribution in [0, 0.1) is 5.82 Å². The van der Waals surface area contributed by atoms with Crippen molar-refractivity contribution in [2.45, 2.75) is 0 Å². The highest BCUT2D eigenvalue weighted by Crippen LogP contribution is 2.27. The van der Waals surface area contributed by atoms with Crippen molar-refractivity contribution in [3.05, 3.63) is 42.2 Å². The summed E-state index contributed by atoms with van der Waals surface area (Å²) in [4.78, 5) is 4.26. The van der Waals surface area contributed by atoms with E-state index in [1.165, 1.54) is 12.1 Å². The van der Waals surface area contributed by atoms with Crippen LogP contribution < -0.4 is 11.5 Å². The van der Waals surface area contributed by atoms with Crippen LogP contribution in [-0.4, -0.2) is 4.98 Å². The van der Waals surface area contributed by atoms with Crippen LogP contribution in [0.3, 0.4) is 0 Å². The predicted molar refractivity (Wildman–Crippen MR) is 68.2 cm³/mol. The largest absolute Gasteiger partial charge is 0.436 e. The number of rotatable bonds is 1. The number of halogens is 1. The molecule has 4 nitrogen and oxygen atoms in total. The molecule has 1 aromatic heterocycles. The number of nitrogen functional groups attached to an aromatic ring is 2. The molecule has 0 unspecified atom stereocenters. The molecule has 5 heteroatoms. The summed E-state index contributed by atoms with van der Waals surface area (Å²) in [7, 11) is 0. The summed E-state index contributed by atoms with van der Waals surface area (Å²) in [6.07, 6.45) is 0. The first-order chi connectivity index (χ1) is 8.61. The third-order valence-electron chi connectivity index (χ3n) is 2.58. The second-order valence-electron chi connectivity index (χ2n) is 4.02. The molecule has 0 amide bonds. The topological polar surface area (TPSA) is 78.1 Å². The second kappa shape index (κ2) is 3.73. The maximum Gasteiger partial charge on any atom is 0.227 e. The Hall–Kier alpha value is -2.56. The number of oxazole rings is 1. The molecule has 4 N–H and O–H groups in total.